The largest absolute Gasteiger partial charge is 0.477 e. The summed E-state index contributed by atoms with van der Waals surface area (Å²) in [5.41, 5.74) is -2.51. The molecule has 1 aromatic heterocycles. The van der Waals surface area contributed by atoms with Gasteiger partial charge in [-0.3, -0.25) is 0 Å². The van der Waals surface area contributed by atoms with Crippen LogP contribution in [0, 0.1) is 0 Å². The number of nitrogens with zero attached hydrogens (tertiary/aromatic N) is 1. The average Bonchev–Trinajstić information content (AvgIpc) is 2.84. The fraction of sp³-hybridized carbons (Fsp3) is 0.444. The van der Waals surface area contributed by atoms with E-state index < -0.39 is 23.4 Å². The molecule has 1 fully saturated rings. The average molecular weight is 254 g/mol. The molecule has 7 heteroatoms. The Morgan fingerprint density at radius 1 is 1.50 bits per heavy atom. The molecule has 0 amide bonds. The van der Waals surface area contributed by atoms with Crippen molar-refractivity contribution >= 4 is 17.6 Å². The maximum atomic E-state index is 12.8. The topological polar surface area (TPSA) is 42.2 Å². The third-order valence-corrected chi connectivity index (χ3v) is 2.92. The van der Waals surface area contributed by atoms with Gasteiger partial charge in [-0.05, 0) is 18.9 Å². The van der Waals surface area contributed by atoms with E-state index >= 15 is 0 Å². The van der Waals surface area contributed by atoms with Crippen molar-refractivity contribution in [1.82, 2.24) is 4.57 Å². The fourth-order valence-corrected chi connectivity index (χ4v) is 1.93. The van der Waals surface area contributed by atoms with E-state index in [2.05, 4.69) is 0 Å². The first-order valence-corrected chi connectivity index (χ1v) is 4.84. The van der Waals surface area contributed by atoms with E-state index in [0.717, 1.165) is 16.8 Å². The molecule has 0 saturated heterocycles. The van der Waals surface area contributed by atoms with Gasteiger partial charge in [-0.15, -0.1) is 0 Å². The number of aromatic carboxylic acids is 1. The second-order valence-electron chi connectivity index (χ2n) is 3.75. The lowest BCUT2D eigenvalue weighted by Gasteiger charge is -2.22. The number of hydrogen-bond donors (Lipinski definition) is 1. The summed E-state index contributed by atoms with van der Waals surface area (Å²) >= 11 is 5.54. The molecule has 16 heavy (non-hydrogen) atoms. The minimum atomic E-state index is -4.46. The van der Waals surface area contributed by atoms with Crippen LogP contribution in [0.4, 0.5) is 13.2 Å². The number of carboxylic acids is 1. The van der Waals surface area contributed by atoms with Crippen molar-refractivity contribution in [1.29, 1.82) is 0 Å². The van der Waals surface area contributed by atoms with Crippen molar-refractivity contribution < 1.29 is 23.1 Å². The van der Waals surface area contributed by atoms with Crippen molar-refractivity contribution in [2.75, 3.05) is 0 Å². The zero-order valence-electron chi connectivity index (χ0n) is 7.88. The number of carbonyl (C=O) groups is 1. The fourth-order valence-electron chi connectivity index (χ4n) is 1.73. The van der Waals surface area contributed by atoms with Gasteiger partial charge < -0.3 is 9.67 Å². The van der Waals surface area contributed by atoms with Gasteiger partial charge >= 0.3 is 12.1 Å². The smallest absolute Gasteiger partial charge is 0.411 e. The van der Waals surface area contributed by atoms with Crippen LogP contribution >= 0.6 is 11.6 Å². The Morgan fingerprint density at radius 2 is 2.06 bits per heavy atom. The second kappa shape index (κ2) is 3.16. The van der Waals surface area contributed by atoms with Crippen molar-refractivity contribution in [3.8, 4) is 0 Å². The van der Waals surface area contributed by atoms with Gasteiger partial charge in [0, 0.05) is 6.20 Å². The van der Waals surface area contributed by atoms with Gasteiger partial charge in [-0.2, -0.15) is 13.2 Å². The van der Waals surface area contributed by atoms with E-state index in [-0.39, 0.29) is 17.9 Å². The van der Waals surface area contributed by atoms with Crippen LogP contribution in [0.2, 0.25) is 5.02 Å². The summed E-state index contributed by atoms with van der Waals surface area (Å²) in [7, 11) is 0. The monoisotopic (exact) mass is 253 g/mol. The number of carboxylic acid groups (broad SMARTS) is 1. The van der Waals surface area contributed by atoms with Gasteiger partial charge in [0.2, 0.25) is 0 Å². The van der Waals surface area contributed by atoms with Gasteiger partial charge in [0.15, 0.2) is 0 Å². The summed E-state index contributed by atoms with van der Waals surface area (Å²) in [4.78, 5) is 10.8. The molecule has 2 rings (SSSR count). The highest BCUT2D eigenvalue weighted by Crippen LogP contribution is 2.56. The van der Waals surface area contributed by atoms with Crippen molar-refractivity contribution in [2.45, 2.75) is 24.6 Å². The predicted octanol–water partition coefficient (Wildman–Crippen LogP) is 2.89. The lowest BCUT2D eigenvalue weighted by atomic mass is 10.2. The van der Waals surface area contributed by atoms with Crippen LogP contribution in [-0.4, -0.2) is 21.8 Å². The molecule has 1 N–H and O–H groups in total. The van der Waals surface area contributed by atoms with Crippen LogP contribution in [0.25, 0.3) is 0 Å². The molecule has 0 spiro atoms. The zero-order valence-corrected chi connectivity index (χ0v) is 8.64. The van der Waals surface area contributed by atoms with E-state index in [4.69, 9.17) is 16.7 Å². The van der Waals surface area contributed by atoms with Crippen LogP contribution in [0.1, 0.15) is 23.3 Å². The minimum absolute atomic E-state index is 0.00655. The lowest BCUT2D eigenvalue weighted by molar-refractivity contribution is -0.180. The molecule has 0 bridgehead atoms. The van der Waals surface area contributed by atoms with Crippen LogP contribution < -0.4 is 0 Å². The van der Waals surface area contributed by atoms with E-state index in [1.165, 1.54) is 0 Å². The van der Waals surface area contributed by atoms with Crippen molar-refractivity contribution in [3.63, 3.8) is 0 Å². The Morgan fingerprint density at radius 3 is 2.44 bits per heavy atom. The second-order valence-corrected chi connectivity index (χ2v) is 4.18. The molecular weight excluding hydrogens is 247 g/mol. The number of hydrogen-bond acceptors (Lipinski definition) is 1. The molecule has 1 aliphatic rings. The highest BCUT2D eigenvalue weighted by atomic mass is 35.5. The minimum Gasteiger partial charge on any atom is -0.477 e. The molecule has 1 heterocycles. The number of halogens is 4. The third kappa shape index (κ3) is 1.48. The van der Waals surface area contributed by atoms with E-state index in [0.29, 0.717) is 0 Å². The molecule has 1 aromatic rings. The maximum Gasteiger partial charge on any atom is 0.411 e. The van der Waals surface area contributed by atoms with Gasteiger partial charge in [0.25, 0.3) is 0 Å². The molecular formula is C9H7ClF3NO2. The summed E-state index contributed by atoms with van der Waals surface area (Å²) < 4.78 is 39.1. The molecule has 0 unspecified atom stereocenters. The maximum absolute atomic E-state index is 12.8. The molecule has 0 aliphatic heterocycles. The van der Waals surface area contributed by atoms with E-state index in [1.807, 2.05) is 0 Å². The first kappa shape index (κ1) is 11.3. The van der Waals surface area contributed by atoms with Gasteiger partial charge in [0.1, 0.15) is 11.2 Å². The first-order chi connectivity index (χ1) is 7.28. The molecule has 0 atom stereocenters. The number of rotatable bonds is 2. The summed E-state index contributed by atoms with van der Waals surface area (Å²) in [5.74, 6) is -1.41. The van der Waals surface area contributed by atoms with E-state index in [1.54, 1.807) is 0 Å². The molecule has 0 radical (unpaired) electrons. The Kier molecular flexibility index (Phi) is 2.24. The van der Waals surface area contributed by atoms with E-state index in [9.17, 15) is 18.0 Å². The van der Waals surface area contributed by atoms with Crippen LogP contribution in [0.5, 0.6) is 0 Å². The Bertz CT molecular complexity index is 448. The summed E-state index contributed by atoms with van der Waals surface area (Å²) in [6, 6.07) is 1.02. The summed E-state index contributed by atoms with van der Waals surface area (Å²) in [6.45, 7) is 0. The molecule has 1 saturated carbocycles. The van der Waals surface area contributed by atoms with Crippen LogP contribution in [0.15, 0.2) is 12.3 Å². The first-order valence-electron chi connectivity index (χ1n) is 4.46. The van der Waals surface area contributed by atoms with Gasteiger partial charge in [-0.25, -0.2) is 4.79 Å². The molecule has 88 valence electrons. The summed E-state index contributed by atoms with van der Waals surface area (Å²) in [5, 5.41) is 8.78. The normalized spacial score (nSPS) is 18.5. The highest BCUT2D eigenvalue weighted by molar-refractivity contribution is 6.31. The summed E-state index contributed by atoms with van der Waals surface area (Å²) in [6.07, 6.45) is -3.66. The van der Waals surface area contributed by atoms with Gasteiger partial charge in [-0.1, -0.05) is 11.6 Å². The quantitative estimate of drug-likeness (QED) is 0.881. The standard InChI is InChI=1S/C9H7ClF3NO2/c10-5-3-6(7(15)16)14(4-5)8(1-2-8)9(11,12)13/h3-4H,1-2H2,(H,15,16). The highest BCUT2D eigenvalue weighted by Gasteiger charge is 2.65. The van der Waals surface area contributed by atoms with Crippen molar-refractivity contribution in [2.24, 2.45) is 0 Å². The third-order valence-electron chi connectivity index (χ3n) is 2.72. The predicted molar refractivity (Wildman–Crippen MR) is 49.7 cm³/mol. The molecule has 3 nitrogen and oxygen atoms in total. The Labute approximate surface area is 93.4 Å². The van der Waals surface area contributed by atoms with Crippen LogP contribution in [-0.2, 0) is 5.54 Å². The zero-order chi connectivity index (χ0) is 12.1. The molecule has 1 aliphatic carbocycles. The van der Waals surface area contributed by atoms with Crippen LogP contribution in [0.3, 0.4) is 0 Å². The Balaban J connectivity index is 2.53. The SMILES string of the molecule is O=C(O)c1cc(Cl)cn1C1(C(F)(F)F)CC1. The van der Waals surface area contributed by atoms with Gasteiger partial charge in [0.05, 0.1) is 5.02 Å². The lowest BCUT2D eigenvalue weighted by Crippen LogP contribution is -2.36. The Hall–Kier alpha value is -1.17. The molecule has 0 aromatic carbocycles. The van der Waals surface area contributed by atoms with Crippen molar-refractivity contribution in [3.05, 3.63) is 23.0 Å². The number of alkyl halides is 3. The number of aromatic nitrogens is 1.